The summed E-state index contributed by atoms with van der Waals surface area (Å²) in [5, 5.41) is 9.53. The lowest BCUT2D eigenvalue weighted by Crippen LogP contribution is -2.24. The molecule has 3 rings (SSSR count). The van der Waals surface area contributed by atoms with E-state index in [9.17, 15) is 19.2 Å². The van der Waals surface area contributed by atoms with E-state index in [1.54, 1.807) is 51.1 Å². The number of allylic oxidation sites excluding steroid dienone is 1. The smallest absolute Gasteiger partial charge is 0.349 e. The normalized spacial score (nSPS) is 19.8. The number of halogens is 2. The number of nitrogens with zero attached hydrogens (tertiary/aromatic N) is 1. The first-order valence-corrected chi connectivity index (χ1v) is 11.4. The Morgan fingerprint density at radius 2 is 1.83 bits per heavy atom. The zero-order chi connectivity index (χ0) is 26.0. The van der Waals surface area contributed by atoms with Gasteiger partial charge >= 0.3 is 11.9 Å². The molecular weight excluding hydrogens is 473 g/mol. The number of esters is 2. The van der Waals surface area contributed by atoms with E-state index < -0.39 is 40.8 Å². The molecule has 0 N–H and O–H groups in total. The van der Waals surface area contributed by atoms with Crippen LogP contribution in [0.2, 0.25) is 0 Å². The summed E-state index contributed by atoms with van der Waals surface area (Å²) >= 11 is 6.13. The second-order valence-corrected chi connectivity index (χ2v) is 10.3. The quantitative estimate of drug-likeness (QED) is 0.321. The van der Waals surface area contributed by atoms with Gasteiger partial charge in [-0.3, -0.25) is 4.79 Å². The molecule has 0 saturated heterocycles. The second-order valence-electron chi connectivity index (χ2n) is 9.89. The van der Waals surface area contributed by atoms with E-state index in [1.807, 2.05) is 19.9 Å². The Morgan fingerprint density at radius 1 is 1.17 bits per heavy atom. The van der Waals surface area contributed by atoms with Crippen LogP contribution in [-0.4, -0.2) is 17.5 Å². The van der Waals surface area contributed by atoms with E-state index in [-0.39, 0.29) is 22.3 Å². The summed E-state index contributed by atoms with van der Waals surface area (Å²) in [4.78, 5) is 25.1. The minimum Gasteiger partial charge on any atom is -0.456 e. The Balaban J connectivity index is 1.73. The van der Waals surface area contributed by atoms with Crippen molar-refractivity contribution < 1.29 is 28.2 Å². The maximum Gasteiger partial charge on any atom is 0.349 e. The highest BCUT2D eigenvalue weighted by Gasteiger charge is 2.62. The first kappa shape index (κ1) is 26.2. The number of ether oxygens (including phenoxy) is 3. The summed E-state index contributed by atoms with van der Waals surface area (Å²) in [6, 6.07) is 14.4. The highest BCUT2D eigenvalue weighted by molar-refractivity contribution is 6.41. The van der Waals surface area contributed by atoms with Crippen LogP contribution in [-0.2, 0) is 19.1 Å². The lowest BCUT2D eigenvalue weighted by molar-refractivity contribution is -0.150. The number of hydrogen-bond acceptors (Lipinski definition) is 6. The van der Waals surface area contributed by atoms with Crippen molar-refractivity contribution in [1.29, 1.82) is 5.26 Å². The molecule has 0 heterocycles. The lowest BCUT2D eigenvalue weighted by Gasteiger charge is -2.19. The van der Waals surface area contributed by atoms with Crippen molar-refractivity contribution in [3.63, 3.8) is 0 Å². The van der Waals surface area contributed by atoms with Crippen LogP contribution in [0.4, 0.5) is 4.39 Å². The van der Waals surface area contributed by atoms with E-state index in [0.717, 1.165) is 6.07 Å². The summed E-state index contributed by atoms with van der Waals surface area (Å²) < 4.78 is 30.6. The Kier molecular flexibility index (Phi) is 7.56. The first-order valence-electron chi connectivity index (χ1n) is 11.1. The van der Waals surface area contributed by atoms with Crippen molar-refractivity contribution in [3.8, 4) is 17.6 Å². The predicted octanol–water partition coefficient (Wildman–Crippen LogP) is 6.46. The molecule has 1 saturated carbocycles. The molecule has 0 aliphatic heterocycles. The van der Waals surface area contributed by atoms with E-state index in [0.29, 0.717) is 5.75 Å². The van der Waals surface area contributed by atoms with Crippen molar-refractivity contribution >= 4 is 23.5 Å². The molecule has 3 atom stereocenters. The third-order valence-corrected chi connectivity index (χ3v) is 5.94. The summed E-state index contributed by atoms with van der Waals surface area (Å²) in [5.74, 6) is -2.58. The summed E-state index contributed by atoms with van der Waals surface area (Å²) in [7, 11) is 0. The molecule has 0 bridgehead atoms. The fraction of sp³-hybridized carbons (Fsp3) is 0.370. The third kappa shape index (κ3) is 6.40. The van der Waals surface area contributed by atoms with E-state index in [2.05, 4.69) is 0 Å². The summed E-state index contributed by atoms with van der Waals surface area (Å²) in [6.07, 6.45) is 0.218. The molecule has 184 valence electrons. The van der Waals surface area contributed by atoms with E-state index in [4.69, 9.17) is 25.8 Å². The topological polar surface area (TPSA) is 85.6 Å². The summed E-state index contributed by atoms with van der Waals surface area (Å²) in [6.45, 7) is 8.85. The standard InChI is InChI=1S/C27H27ClFNO5/c1-26(2,3)35-24(31)19(28)14-18-23(27(18,4)5)25(32)34-22(15-30)16-11-12-20(29)21(13-16)33-17-9-7-6-8-10-17/h6-14,18,22-23H,1-5H3/t18-,22+,23-/m0/s1. The fourth-order valence-corrected chi connectivity index (χ4v) is 3.90. The number of rotatable bonds is 7. The molecule has 0 radical (unpaired) electrons. The Labute approximate surface area is 209 Å². The minimum atomic E-state index is -1.27. The van der Waals surface area contributed by atoms with Gasteiger partial charge in [0.15, 0.2) is 11.6 Å². The molecule has 0 unspecified atom stereocenters. The highest BCUT2D eigenvalue weighted by Crippen LogP contribution is 2.60. The molecule has 0 spiro atoms. The van der Waals surface area contributed by atoms with Crippen LogP contribution in [0.1, 0.15) is 46.3 Å². The Morgan fingerprint density at radius 3 is 2.43 bits per heavy atom. The van der Waals surface area contributed by atoms with Gasteiger partial charge < -0.3 is 14.2 Å². The fourth-order valence-electron chi connectivity index (χ4n) is 3.73. The number of para-hydroxylation sites is 1. The minimum absolute atomic E-state index is 0.0956. The van der Waals surface area contributed by atoms with Crippen LogP contribution in [0.3, 0.4) is 0 Å². The van der Waals surface area contributed by atoms with Crippen LogP contribution < -0.4 is 4.74 Å². The first-order chi connectivity index (χ1) is 16.3. The second kappa shape index (κ2) is 10.1. The Hall–Kier alpha value is -3.37. The maximum absolute atomic E-state index is 14.3. The average molecular weight is 500 g/mol. The molecule has 2 aromatic rings. The van der Waals surface area contributed by atoms with Gasteiger partial charge in [0.05, 0.1) is 5.92 Å². The molecule has 35 heavy (non-hydrogen) atoms. The van der Waals surface area contributed by atoms with Crippen molar-refractivity contribution in [2.24, 2.45) is 17.3 Å². The monoisotopic (exact) mass is 499 g/mol. The number of hydrogen-bond donors (Lipinski definition) is 0. The highest BCUT2D eigenvalue weighted by atomic mass is 35.5. The van der Waals surface area contributed by atoms with Crippen molar-refractivity contribution in [1.82, 2.24) is 0 Å². The molecule has 1 aliphatic carbocycles. The number of carbonyl (C=O) groups excluding carboxylic acids is 2. The van der Waals surface area contributed by atoms with Gasteiger partial charge in [0, 0.05) is 5.56 Å². The molecule has 6 nitrogen and oxygen atoms in total. The van der Waals surface area contributed by atoms with Crippen LogP contribution in [0.25, 0.3) is 0 Å². The molecular formula is C27H27ClFNO5. The van der Waals surface area contributed by atoms with Gasteiger partial charge in [0.25, 0.3) is 0 Å². The zero-order valence-corrected chi connectivity index (χ0v) is 20.9. The largest absolute Gasteiger partial charge is 0.456 e. The van der Waals surface area contributed by atoms with Gasteiger partial charge in [-0.15, -0.1) is 0 Å². The third-order valence-electron chi connectivity index (χ3n) is 5.66. The molecule has 8 heteroatoms. The van der Waals surface area contributed by atoms with Crippen molar-refractivity contribution in [3.05, 3.63) is 71.0 Å². The number of benzene rings is 2. The predicted molar refractivity (Wildman–Crippen MR) is 128 cm³/mol. The van der Waals surface area contributed by atoms with Gasteiger partial charge in [-0.05, 0) is 56.4 Å². The van der Waals surface area contributed by atoms with Crippen LogP contribution in [0, 0.1) is 34.4 Å². The van der Waals surface area contributed by atoms with Crippen molar-refractivity contribution in [2.45, 2.75) is 46.3 Å². The van der Waals surface area contributed by atoms with Crippen LogP contribution in [0.5, 0.6) is 11.5 Å². The van der Waals surface area contributed by atoms with Gasteiger partial charge in [-0.2, -0.15) is 5.26 Å². The van der Waals surface area contributed by atoms with Gasteiger partial charge in [-0.1, -0.05) is 55.8 Å². The average Bonchev–Trinajstić information content (AvgIpc) is 3.32. The number of carbonyl (C=O) groups is 2. The molecule has 1 aliphatic rings. The Bertz CT molecular complexity index is 1180. The lowest BCUT2D eigenvalue weighted by atomic mass is 10.1. The van der Waals surface area contributed by atoms with Crippen LogP contribution >= 0.6 is 11.6 Å². The maximum atomic E-state index is 14.3. The SMILES string of the molecule is CC(C)(C)OC(=O)C(Cl)=C[C@H]1[C@@H](C(=O)O[C@H](C#N)c2ccc(F)c(Oc3ccccc3)c2)C1(C)C. The zero-order valence-electron chi connectivity index (χ0n) is 20.2. The van der Waals surface area contributed by atoms with E-state index >= 15 is 0 Å². The van der Waals surface area contributed by atoms with Gasteiger partial charge in [0.2, 0.25) is 6.10 Å². The molecule has 0 amide bonds. The van der Waals surface area contributed by atoms with Gasteiger partial charge in [0.1, 0.15) is 22.5 Å². The van der Waals surface area contributed by atoms with Crippen LogP contribution in [0.15, 0.2) is 59.6 Å². The van der Waals surface area contributed by atoms with Crippen molar-refractivity contribution in [2.75, 3.05) is 0 Å². The molecule has 0 aromatic heterocycles. The summed E-state index contributed by atoms with van der Waals surface area (Å²) in [5.41, 5.74) is -0.977. The number of nitriles is 1. The van der Waals surface area contributed by atoms with E-state index in [1.165, 1.54) is 18.2 Å². The van der Waals surface area contributed by atoms with Gasteiger partial charge in [-0.25, -0.2) is 9.18 Å². The molecule has 1 fully saturated rings. The molecule has 2 aromatic carbocycles.